The normalized spacial score (nSPS) is 20.4. The molecule has 1 fully saturated rings. The van der Waals surface area contributed by atoms with Crippen LogP contribution in [0.15, 0.2) is 0 Å². The zero-order valence-corrected chi connectivity index (χ0v) is 13.7. The molecular weight excluding hydrogens is 276 g/mol. The van der Waals surface area contributed by atoms with Gasteiger partial charge in [-0.05, 0) is 31.7 Å². The fourth-order valence-electron chi connectivity index (χ4n) is 3.00. The van der Waals surface area contributed by atoms with Gasteiger partial charge in [0.1, 0.15) is 9.84 Å². The van der Waals surface area contributed by atoms with Gasteiger partial charge in [0.25, 0.3) is 0 Å². The Labute approximate surface area is 122 Å². The molecule has 1 amide bonds. The van der Waals surface area contributed by atoms with Crippen molar-refractivity contribution in [3.8, 4) is 0 Å². The molecule has 1 aliphatic rings. The predicted molar refractivity (Wildman–Crippen MR) is 81.1 cm³/mol. The van der Waals surface area contributed by atoms with Crippen LogP contribution in [0.25, 0.3) is 0 Å². The smallest absolute Gasteiger partial charge is 0.223 e. The number of carbonyl (C=O) groups is 1. The molecule has 0 aliphatic heterocycles. The fraction of sp³-hybridized carbons (Fsp3) is 0.929. The van der Waals surface area contributed by atoms with Crippen molar-refractivity contribution in [3.05, 3.63) is 0 Å². The monoisotopic (exact) mass is 304 g/mol. The first-order chi connectivity index (χ1) is 9.19. The van der Waals surface area contributed by atoms with Gasteiger partial charge in [-0.3, -0.25) is 4.79 Å². The summed E-state index contributed by atoms with van der Waals surface area (Å²) in [7, 11) is -1.39. The molecule has 0 spiro atoms. The Kier molecular flexibility index (Phi) is 6.01. The predicted octanol–water partition coefficient (Wildman–Crippen LogP) is 1.18. The number of nitrogens with zero attached hydrogens (tertiary/aromatic N) is 1. The third kappa shape index (κ3) is 5.05. The molecule has 1 atom stereocenters. The van der Waals surface area contributed by atoms with Crippen LogP contribution in [0, 0.1) is 5.41 Å². The van der Waals surface area contributed by atoms with E-state index in [1.165, 1.54) is 12.7 Å². The van der Waals surface area contributed by atoms with Crippen LogP contribution in [-0.2, 0) is 14.6 Å². The highest BCUT2D eigenvalue weighted by Crippen LogP contribution is 2.38. The Morgan fingerprint density at radius 1 is 1.30 bits per heavy atom. The van der Waals surface area contributed by atoms with Gasteiger partial charge in [-0.2, -0.15) is 0 Å². The minimum atomic E-state index is -3.07. The van der Waals surface area contributed by atoms with E-state index < -0.39 is 9.84 Å². The van der Waals surface area contributed by atoms with E-state index in [9.17, 15) is 13.2 Å². The molecule has 0 radical (unpaired) electrons. The Balaban J connectivity index is 2.64. The fourth-order valence-corrected chi connectivity index (χ4v) is 4.10. The highest BCUT2D eigenvalue weighted by molar-refractivity contribution is 7.90. The van der Waals surface area contributed by atoms with Crippen LogP contribution in [0.3, 0.4) is 0 Å². The van der Waals surface area contributed by atoms with Crippen LogP contribution in [-0.4, -0.2) is 50.9 Å². The third-order valence-corrected chi connectivity index (χ3v) is 5.56. The van der Waals surface area contributed by atoms with Crippen LogP contribution >= 0.6 is 0 Å². The highest BCUT2D eigenvalue weighted by Gasteiger charge is 2.34. The molecule has 0 aromatic carbocycles. The van der Waals surface area contributed by atoms with Crippen LogP contribution in [0.4, 0.5) is 0 Å². The lowest BCUT2D eigenvalue weighted by atomic mass is 9.71. The first kappa shape index (κ1) is 17.4. The molecule has 0 heterocycles. The second-order valence-electron chi connectivity index (χ2n) is 6.39. The van der Waals surface area contributed by atoms with E-state index in [4.69, 9.17) is 5.73 Å². The average Bonchev–Trinajstić information content (AvgIpc) is 2.36. The summed E-state index contributed by atoms with van der Waals surface area (Å²) in [5.41, 5.74) is 5.82. The summed E-state index contributed by atoms with van der Waals surface area (Å²) in [6.45, 7) is 2.31. The second kappa shape index (κ2) is 6.89. The van der Waals surface area contributed by atoms with Gasteiger partial charge in [-0.25, -0.2) is 8.42 Å². The van der Waals surface area contributed by atoms with Crippen LogP contribution < -0.4 is 5.73 Å². The van der Waals surface area contributed by atoms with E-state index in [-0.39, 0.29) is 23.1 Å². The topological polar surface area (TPSA) is 80.5 Å². The lowest BCUT2D eigenvalue weighted by Gasteiger charge is -2.37. The molecule has 5 nitrogen and oxygen atoms in total. The summed E-state index contributed by atoms with van der Waals surface area (Å²) in [5, 5.41) is 0. The summed E-state index contributed by atoms with van der Waals surface area (Å²) in [6.07, 6.45) is 7.13. The summed E-state index contributed by atoms with van der Waals surface area (Å²) in [5.74, 6) is 0.0127. The molecule has 2 N–H and O–H groups in total. The van der Waals surface area contributed by atoms with E-state index >= 15 is 0 Å². The Bertz CT molecular complexity index is 428. The van der Waals surface area contributed by atoms with Crippen molar-refractivity contribution >= 4 is 15.7 Å². The highest BCUT2D eigenvalue weighted by atomic mass is 32.2. The molecule has 1 unspecified atom stereocenters. The van der Waals surface area contributed by atoms with E-state index in [0.717, 1.165) is 25.7 Å². The van der Waals surface area contributed by atoms with Gasteiger partial charge in [0.05, 0.1) is 5.75 Å². The molecule has 6 heteroatoms. The van der Waals surface area contributed by atoms with Gasteiger partial charge in [0.2, 0.25) is 5.91 Å². The minimum absolute atomic E-state index is 0.00483. The quantitative estimate of drug-likeness (QED) is 0.799. The van der Waals surface area contributed by atoms with Gasteiger partial charge in [-0.15, -0.1) is 0 Å². The first-order valence-corrected chi connectivity index (χ1v) is 9.39. The average molecular weight is 304 g/mol. The number of amides is 1. The van der Waals surface area contributed by atoms with Crippen molar-refractivity contribution in [1.29, 1.82) is 0 Å². The largest absolute Gasteiger partial charge is 0.342 e. The molecule has 0 aromatic heterocycles. The standard InChI is InChI=1S/C14H28N2O3S/c1-12(10-20(3,18)19)16(2)13(17)9-14(11-15)7-5-4-6-8-14/h12H,4-11,15H2,1-3H3. The first-order valence-electron chi connectivity index (χ1n) is 7.33. The maximum absolute atomic E-state index is 12.4. The lowest BCUT2D eigenvalue weighted by Crippen LogP contribution is -2.44. The van der Waals surface area contributed by atoms with Gasteiger partial charge in [0, 0.05) is 25.8 Å². The molecule has 0 aromatic rings. The number of carbonyl (C=O) groups excluding carboxylic acids is 1. The molecule has 1 aliphatic carbocycles. The molecule has 118 valence electrons. The summed E-state index contributed by atoms with van der Waals surface area (Å²) in [6, 6.07) is -0.295. The Hall–Kier alpha value is -0.620. The lowest BCUT2D eigenvalue weighted by molar-refractivity contribution is -0.134. The van der Waals surface area contributed by atoms with Gasteiger partial charge in [-0.1, -0.05) is 19.3 Å². The molecular formula is C14H28N2O3S. The minimum Gasteiger partial charge on any atom is -0.342 e. The van der Waals surface area contributed by atoms with E-state index in [1.54, 1.807) is 18.9 Å². The van der Waals surface area contributed by atoms with Crippen molar-refractivity contribution in [3.63, 3.8) is 0 Å². The van der Waals surface area contributed by atoms with Crippen molar-refractivity contribution in [2.45, 2.75) is 51.5 Å². The van der Waals surface area contributed by atoms with E-state index in [1.807, 2.05) is 0 Å². The summed E-state index contributed by atoms with van der Waals surface area (Å²) < 4.78 is 22.6. The van der Waals surface area contributed by atoms with Gasteiger partial charge >= 0.3 is 0 Å². The molecule has 1 rings (SSSR count). The zero-order valence-electron chi connectivity index (χ0n) is 12.9. The SMILES string of the molecule is CC(CS(C)(=O)=O)N(C)C(=O)CC1(CN)CCCCC1. The van der Waals surface area contributed by atoms with Gasteiger partial charge in [0.15, 0.2) is 0 Å². The third-order valence-electron chi connectivity index (χ3n) is 4.47. The molecule has 20 heavy (non-hydrogen) atoms. The molecule has 0 bridgehead atoms. The molecule has 1 saturated carbocycles. The van der Waals surface area contributed by atoms with Crippen LogP contribution in [0.2, 0.25) is 0 Å². The van der Waals surface area contributed by atoms with Crippen LogP contribution in [0.5, 0.6) is 0 Å². The number of hydrogen-bond acceptors (Lipinski definition) is 4. The van der Waals surface area contributed by atoms with E-state index in [0.29, 0.717) is 13.0 Å². The summed E-state index contributed by atoms with van der Waals surface area (Å²) >= 11 is 0. The number of sulfone groups is 1. The maximum atomic E-state index is 12.4. The Morgan fingerprint density at radius 2 is 1.85 bits per heavy atom. The van der Waals surface area contributed by atoms with Crippen LogP contribution in [0.1, 0.15) is 45.4 Å². The second-order valence-corrected chi connectivity index (χ2v) is 8.57. The Morgan fingerprint density at radius 3 is 2.30 bits per heavy atom. The molecule has 0 saturated heterocycles. The number of rotatable bonds is 6. The summed E-state index contributed by atoms with van der Waals surface area (Å²) in [4.78, 5) is 13.9. The zero-order chi connectivity index (χ0) is 15.4. The van der Waals surface area contributed by atoms with Crippen molar-refractivity contribution in [2.24, 2.45) is 11.1 Å². The van der Waals surface area contributed by atoms with Crippen molar-refractivity contribution in [2.75, 3.05) is 25.6 Å². The van der Waals surface area contributed by atoms with Crippen molar-refractivity contribution in [1.82, 2.24) is 4.90 Å². The number of nitrogens with two attached hydrogens (primary N) is 1. The van der Waals surface area contributed by atoms with Gasteiger partial charge < -0.3 is 10.6 Å². The maximum Gasteiger partial charge on any atom is 0.223 e. The number of hydrogen-bond donors (Lipinski definition) is 1. The van der Waals surface area contributed by atoms with E-state index in [2.05, 4.69) is 0 Å². The van der Waals surface area contributed by atoms with Crippen molar-refractivity contribution < 1.29 is 13.2 Å².